The number of carboxylic acids is 1. The van der Waals surface area contributed by atoms with E-state index in [4.69, 9.17) is 0 Å². The normalized spacial score (nSPS) is 10.8. The summed E-state index contributed by atoms with van der Waals surface area (Å²) in [6.45, 7) is 0. The van der Waals surface area contributed by atoms with Gasteiger partial charge in [-0.25, -0.2) is 9.48 Å². The second-order valence-electron chi connectivity index (χ2n) is 4.17. The summed E-state index contributed by atoms with van der Waals surface area (Å²) >= 11 is 1.21. The predicted molar refractivity (Wildman–Crippen MR) is 75.1 cm³/mol. The lowest BCUT2D eigenvalue weighted by Gasteiger charge is -2.05. The van der Waals surface area contributed by atoms with Crippen molar-refractivity contribution in [2.75, 3.05) is 0 Å². The fraction of sp³-hybridized carbons (Fsp3) is 0.0769. The van der Waals surface area contributed by atoms with Gasteiger partial charge < -0.3 is 5.11 Å². The van der Waals surface area contributed by atoms with Gasteiger partial charge in [0.15, 0.2) is 0 Å². The number of pyridine rings is 1. The molecule has 0 aromatic carbocycles. The molecule has 3 rings (SSSR count). The number of thiophene rings is 1. The fourth-order valence-corrected chi connectivity index (χ4v) is 3.04. The highest BCUT2D eigenvalue weighted by atomic mass is 32.1. The highest BCUT2D eigenvalue weighted by Gasteiger charge is 2.19. The van der Waals surface area contributed by atoms with Crippen LogP contribution in [-0.4, -0.2) is 25.8 Å². The minimum Gasteiger partial charge on any atom is -0.478 e. The standard InChI is InChI=1S/C13H9N3O3S/c1-16-12(17)9-8(13(18)19)6-20-11(9)10(15-16)7-2-4-14-5-3-7/h2-6H,1H3,(H,18,19). The maximum Gasteiger partial charge on any atom is 0.337 e. The molecule has 0 amide bonds. The highest BCUT2D eigenvalue weighted by Crippen LogP contribution is 2.31. The van der Waals surface area contributed by atoms with Gasteiger partial charge in [-0.05, 0) is 12.1 Å². The lowest BCUT2D eigenvalue weighted by atomic mass is 10.1. The third-order valence-electron chi connectivity index (χ3n) is 2.95. The minimum atomic E-state index is -1.11. The van der Waals surface area contributed by atoms with Gasteiger partial charge in [0, 0.05) is 30.4 Å². The first-order valence-electron chi connectivity index (χ1n) is 5.72. The first-order valence-corrected chi connectivity index (χ1v) is 6.59. The lowest BCUT2D eigenvalue weighted by molar-refractivity contribution is 0.0699. The van der Waals surface area contributed by atoms with Crippen molar-refractivity contribution in [3.63, 3.8) is 0 Å². The summed E-state index contributed by atoms with van der Waals surface area (Å²) in [6.07, 6.45) is 3.25. The Morgan fingerprint density at radius 2 is 2.05 bits per heavy atom. The van der Waals surface area contributed by atoms with E-state index in [1.165, 1.54) is 23.8 Å². The van der Waals surface area contributed by atoms with Gasteiger partial charge >= 0.3 is 5.97 Å². The predicted octanol–water partition coefficient (Wildman–Crippen LogP) is 1.76. The van der Waals surface area contributed by atoms with Crippen molar-refractivity contribution < 1.29 is 9.90 Å². The number of aromatic nitrogens is 3. The van der Waals surface area contributed by atoms with Gasteiger partial charge in [-0.3, -0.25) is 9.78 Å². The summed E-state index contributed by atoms with van der Waals surface area (Å²) in [5.41, 5.74) is 0.987. The topological polar surface area (TPSA) is 85.1 Å². The van der Waals surface area contributed by atoms with Gasteiger partial charge in [-0.15, -0.1) is 11.3 Å². The molecule has 3 aromatic rings. The number of hydrogen-bond acceptors (Lipinski definition) is 5. The number of aromatic carboxylic acids is 1. The molecule has 0 atom stereocenters. The average molecular weight is 287 g/mol. The molecule has 0 aliphatic heterocycles. The number of aryl methyl sites for hydroxylation is 1. The van der Waals surface area contributed by atoms with E-state index in [1.807, 2.05) is 0 Å². The van der Waals surface area contributed by atoms with E-state index in [2.05, 4.69) is 10.1 Å². The Kier molecular flexibility index (Phi) is 2.83. The molecule has 0 aliphatic carbocycles. The van der Waals surface area contributed by atoms with Crippen LogP contribution in [0.2, 0.25) is 0 Å². The van der Waals surface area contributed by atoms with Gasteiger partial charge in [0.25, 0.3) is 5.56 Å². The van der Waals surface area contributed by atoms with Crippen LogP contribution in [-0.2, 0) is 7.05 Å². The number of nitrogens with zero attached hydrogens (tertiary/aromatic N) is 3. The van der Waals surface area contributed by atoms with Crippen LogP contribution in [0, 0.1) is 0 Å². The molecule has 3 heterocycles. The van der Waals surface area contributed by atoms with Crippen molar-refractivity contribution in [1.82, 2.24) is 14.8 Å². The Morgan fingerprint density at radius 3 is 2.70 bits per heavy atom. The number of fused-ring (bicyclic) bond motifs is 1. The van der Waals surface area contributed by atoms with E-state index < -0.39 is 11.5 Å². The Balaban J connectivity index is 2.44. The maximum absolute atomic E-state index is 12.1. The van der Waals surface area contributed by atoms with Crippen molar-refractivity contribution in [3.05, 3.63) is 45.8 Å². The molecule has 0 bridgehead atoms. The van der Waals surface area contributed by atoms with Crippen LogP contribution in [0.25, 0.3) is 21.3 Å². The molecule has 0 aliphatic rings. The van der Waals surface area contributed by atoms with E-state index in [1.54, 1.807) is 24.5 Å². The molecule has 100 valence electrons. The Labute approximate surface area is 116 Å². The maximum atomic E-state index is 12.1. The van der Waals surface area contributed by atoms with E-state index in [0.717, 1.165) is 10.2 Å². The third-order valence-corrected chi connectivity index (χ3v) is 3.93. The smallest absolute Gasteiger partial charge is 0.337 e. The molecule has 1 N–H and O–H groups in total. The largest absolute Gasteiger partial charge is 0.478 e. The van der Waals surface area contributed by atoms with E-state index in [9.17, 15) is 14.7 Å². The van der Waals surface area contributed by atoms with Gasteiger partial charge in [0.1, 0.15) is 5.69 Å². The summed E-state index contributed by atoms with van der Waals surface area (Å²) in [7, 11) is 1.51. The minimum absolute atomic E-state index is 0.0170. The Hall–Kier alpha value is -2.54. The van der Waals surface area contributed by atoms with Crippen LogP contribution in [0.3, 0.4) is 0 Å². The molecule has 0 radical (unpaired) electrons. The van der Waals surface area contributed by atoms with E-state index >= 15 is 0 Å². The molecular formula is C13H9N3O3S. The molecule has 7 heteroatoms. The van der Waals surface area contributed by atoms with Crippen LogP contribution >= 0.6 is 11.3 Å². The SMILES string of the molecule is Cn1nc(-c2ccncc2)c2scc(C(=O)O)c2c1=O. The van der Waals surface area contributed by atoms with Crippen LogP contribution in [0.1, 0.15) is 10.4 Å². The van der Waals surface area contributed by atoms with Crippen LogP contribution in [0.5, 0.6) is 0 Å². The zero-order valence-corrected chi connectivity index (χ0v) is 11.2. The summed E-state index contributed by atoms with van der Waals surface area (Å²) < 4.78 is 1.74. The van der Waals surface area contributed by atoms with Gasteiger partial charge in [0.2, 0.25) is 0 Å². The van der Waals surface area contributed by atoms with Crippen LogP contribution in [0.4, 0.5) is 0 Å². The molecule has 3 aromatic heterocycles. The quantitative estimate of drug-likeness (QED) is 0.776. The number of carboxylic acid groups (broad SMARTS) is 1. The molecular weight excluding hydrogens is 278 g/mol. The molecule has 0 fully saturated rings. The number of hydrogen-bond donors (Lipinski definition) is 1. The molecule has 0 saturated heterocycles. The molecule has 20 heavy (non-hydrogen) atoms. The summed E-state index contributed by atoms with van der Waals surface area (Å²) in [5.74, 6) is -1.11. The zero-order chi connectivity index (χ0) is 14.3. The Bertz CT molecular complexity index is 868. The van der Waals surface area contributed by atoms with Crippen molar-refractivity contribution in [2.24, 2.45) is 7.05 Å². The van der Waals surface area contributed by atoms with Gasteiger partial charge in [-0.2, -0.15) is 5.10 Å². The lowest BCUT2D eigenvalue weighted by Crippen LogP contribution is -2.21. The monoisotopic (exact) mass is 287 g/mol. The molecule has 6 nitrogen and oxygen atoms in total. The Morgan fingerprint density at radius 1 is 1.35 bits per heavy atom. The third kappa shape index (κ3) is 1.79. The second kappa shape index (κ2) is 4.53. The molecule has 0 saturated carbocycles. The van der Waals surface area contributed by atoms with E-state index in [-0.39, 0.29) is 10.9 Å². The van der Waals surface area contributed by atoms with Crippen molar-refractivity contribution in [1.29, 1.82) is 0 Å². The molecule has 0 unspecified atom stereocenters. The summed E-state index contributed by atoms with van der Waals surface area (Å²) in [5, 5.41) is 15.1. The van der Waals surface area contributed by atoms with E-state index in [0.29, 0.717) is 10.4 Å². The van der Waals surface area contributed by atoms with Crippen LogP contribution in [0.15, 0.2) is 34.7 Å². The van der Waals surface area contributed by atoms with Gasteiger partial charge in [0.05, 0.1) is 15.6 Å². The number of carbonyl (C=O) groups is 1. The second-order valence-corrected chi connectivity index (χ2v) is 5.05. The summed E-state index contributed by atoms with van der Waals surface area (Å²) in [6, 6.07) is 3.54. The highest BCUT2D eigenvalue weighted by molar-refractivity contribution is 7.18. The molecule has 0 spiro atoms. The fourth-order valence-electron chi connectivity index (χ4n) is 2.00. The van der Waals surface area contributed by atoms with Gasteiger partial charge in [-0.1, -0.05) is 0 Å². The van der Waals surface area contributed by atoms with Crippen molar-refractivity contribution in [3.8, 4) is 11.3 Å². The summed E-state index contributed by atoms with van der Waals surface area (Å²) in [4.78, 5) is 27.3. The number of rotatable bonds is 2. The zero-order valence-electron chi connectivity index (χ0n) is 10.4. The van der Waals surface area contributed by atoms with Crippen molar-refractivity contribution >= 4 is 27.4 Å². The van der Waals surface area contributed by atoms with Crippen molar-refractivity contribution in [2.45, 2.75) is 0 Å². The first-order chi connectivity index (χ1) is 9.59. The average Bonchev–Trinajstić information content (AvgIpc) is 2.89. The first kappa shape index (κ1) is 12.5. The van der Waals surface area contributed by atoms with Crippen LogP contribution < -0.4 is 5.56 Å².